The molecule has 6 nitrogen and oxygen atoms in total. The van der Waals surface area contributed by atoms with Crippen LogP contribution in [0, 0.1) is 0 Å². The second kappa shape index (κ2) is 6.52. The molecule has 0 radical (unpaired) electrons. The molecular weight excluding hydrogens is 326 g/mol. The van der Waals surface area contributed by atoms with Gasteiger partial charge >= 0.3 is 0 Å². The third-order valence-electron chi connectivity index (χ3n) is 3.80. The van der Waals surface area contributed by atoms with Gasteiger partial charge in [0.2, 0.25) is 5.91 Å². The van der Waals surface area contributed by atoms with Crippen LogP contribution in [0.15, 0.2) is 29.8 Å². The number of likely N-dealkylation sites (N-methyl/N-ethyl adjacent to an activating group) is 1. The van der Waals surface area contributed by atoms with E-state index in [0.29, 0.717) is 6.42 Å². The topological polar surface area (TPSA) is 56.1 Å². The molecule has 1 aromatic carbocycles. The van der Waals surface area contributed by atoms with E-state index in [4.69, 9.17) is 9.47 Å². The number of rotatable bonds is 5. The molecule has 0 aliphatic heterocycles. The van der Waals surface area contributed by atoms with Crippen molar-refractivity contribution in [2.24, 2.45) is 0 Å². The van der Waals surface area contributed by atoms with Crippen LogP contribution in [0.2, 0.25) is 0 Å². The van der Waals surface area contributed by atoms with Gasteiger partial charge < -0.3 is 14.4 Å². The Morgan fingerprint density at radius 2 is 2.08 bits per heavy atom. The van der Waals surface area contributed by atoms with E-state index in [1.165, 1.54) is 11.3 Å². The number of carbonyl (C=O) groups excluding carboxylic acids is 1. The highest BCUT2D eigenvalue weighted by molar-refractivity contribution is 7.15. The van der Waals surface area contributed by atoms with Gasteiger partial charge in [-0.25, -0.2) is 4.98 Å². The minimum absolute atomic E-state index is 0.0592. The van der Waals surface area contributed by atoms with Crippen LogP contribution < -0.4 is 9.47 Å². The van der Waals surface area contributed by atoms with E-state index in [1.54, 1.807) is 33.2 Å². The van der Waals surface area contributed by atoms with Gasteiger partial charge in [0.05, 0.1) is 26.3 Å². The lowest BCUT2D eigenvalue weighted by Gasteiger charge is -2.09. The largest absolute Gasteiger partial charge is 0.497 e. The standard InChI is InChI=1S/C17H19N3O3S/c1-19(2)16(21)7-11-10-24-17-18-14(9-20(11)17)13-8-12(22-3)5-6-15(13)23-4/h5-6,8-10H,7H2,1-4H3. The summed E-state index contributed by atoms with van der Waals surface area (Å²) in [7, 11) is 6.77. The number of aromatic nitrogens is 2. The lowest BCUT2D eigenvalue weighted by Crippen LogP contribution is -2.23. The predicted octanol–water partition coefficient (Wildman–Crippen LogP) is 2.71. The summed E-state index contributed by atoms with van der Waals surface area (Å²) >= 11 is 1.52. The molecule has 126 valence electrons. The highest BCUT2D eigenvalue weighted by atomic mass is 32.1. The van der Waals surface area contributed by atoms with Crippen molar-refractivity contribution < 1.29 is 14.3 Å². The number of fused-ring (bicyclic) bond motifs is 1. The average Bonchev–Trinajstić information content (AvgIpc) is 3.16. The first kappa shape index (κ1) is 16.3. The van der Waals surface area contributed by atoms with Crippen molar-refractivity contribution in [3.8, 4) is 22.8 Å². The summed E-state index contributed by atoms with van der Waals surface area (Å²) in [4.78, 5) is 19.1. The van der Waals surface area contributed by atoms with E-state index in [1.807, 2.05) is 34.2 Å². The predicted molar refractivity (Wildman–Crippen MR) is 94.0 cm³/mol. The molecule has 0 aliphatic rings. The summed E-state index contributed by atoms with van der Waals surface area (Å²) in [5.41, 5.74) is 2.57. The van der Waals surface area contributed by atoms with E-state index in [-0.39, 0.29) is 5.91 Å². The number of carbonyl (C=O) groups is 1. The molecule has 0 spiro atoms. The molecule has 0 saturated heterocycles. The summed E-state index contributed by atoms with van der Waals surface area (Å²) in [5, 5.41) is 1.97. The second-order valence-corrected chi connectivity index (χ2v) is 6.37. The molecule has 0 bridgehead atoms. The van der Waals surface area contributed by atoms with Gasteiger partial charge in [0.25, 0.3) is 0 Å². The molecule has 0 unspecified atom stereocenters. The fraction of sp³-hybridized carbons (Fsp3) is 0.294. The van der Waals surface area contributed by atoms with E-state index >= 15 is 0 Å². The van der Waals surface area contributed by atoms with Gasteiger partial charge in [0.15, 0.2) is 4.96 Å². The highest BCUT2D eigenvalue weighted by Crippen LogP contribution is 2.34. The fourth-order valence-corrected chi connectivity index (χ4v) is 3.29. The zero-order chi connectivity index (χ0) is 17.3. The summed E-state index contributed by atoms with van der Waals surface area (Å²) in [6.45, 7) is 0. The molecule has 2 aromatic heterocycles. The first-order valence-electron chi connectivity index (χ1n) is 7.41. The van der Waals surface area contributed by atoms with Crippen LogP contribution >= 0.6 is 11.3 Å². The number of hydrogen-bond donors (Lipinski definition) is 0. The molecule has 0 fully saturated rings. The number of imidazole rings is 1. The lowest BCUT2D eigenvalue weighted by molar-refractivity contribution is -0.128. The van der Waals surface area contributed by atoms with Crippen LogP contribution in [0.3, 0.4) is 0 Å². The third kappa shape index (κ3) is 2.94. The third-order valence-corrected chi connectivity index (χ3v) is 4.69. The Balaban J connectivity index is 2.03. The molecule has 2 heterocycles. The van der Waals surface area contributed by atoms with Gasteiger partial charge in [-0.3, -0.25) is 9.20 Å². The number of amides is 1. The van der Waals surface area contributed by atoms with Crippen LogP contribution in [-0.4, -0.2) is 48.5 Å². The average molecular weight is 345 g/mol. The molecule has 0 atom stereocenters. The van der Waals surface area contributed by atoms with Crippen LogP contribution in [0.1, 0.15) is 5.69 Å². The summed E-state index contributed by atoms with van der Waals surface area (Å²) < 4.78 is 12.7. The Kier molecular flexibility index (Phi) is 4.44. The van der Waals surface area contributed by atoms with Gasteiger partial charge in [0, 0.05) is 36.9 Å². The number of nitrogens with zero attached hydrogens (tertiary/aromatic N) is 3. The Morgan fingerprint density at radius 3 is 2.75 bits per heavy atom. The summed E-state index contributed by atoms with van der Waals surface area (Å²) in [6.07, 6.45) is 2.28. The molecule has 3 aromatic rings. The lowest BCUT2D eigenvalue weighted by atomic mass is 10.1. The zero-order valence-corrected chi connectivity index (χ0v) is 14.9. The van der Waals surface area contributed by atoms with Gasteiger partial charge in [-0.2, -0.15) is 0 Å². The summed E-state index contributed by atoms with van der Waals surface area (Å²) in [6, 6.07) is 5.61. The van der Waals surface area contributed by atoms with Crippen molar-refractivity contribution in [2.75, 3.05) is 28.3 Å². The highest BCUT2D eigenvalue weighted by Gasteiger charge is 2.16. The molecule has 1 amide bonds. The first-order chi connectivity index (χ1) is 11.5. The number of benzene rings is 1. The molecule has 7 heteroatoms. The minimum atomic E-state index is 0.0592. The maximum absolute atomic E-state index is 12.0. The number of methoxy groups -OCH3 is 2. The monoisotopic (exact) mass is 345 g/mol. The molecular formula is C17H19N3O3S. The van der Waals surface area contributed by atoms with Gasteiger partial charge in [-0.1, -0.05) is 0 Å². The van der Waals surface area contributed by atoms with E-state index in [9.17, 15) is 4.79 Å². The van der Waals surface area contributed by atoms with E-state index in [0.717, 1.165) is 33.4 Å². The molecule has 0 aliphatic carbocycles. The van der Waals surface area contributed by atoms with Gasteiger partial charge in [-0.05, 0) is 18.2 Å². The Labute approximate surface area is 144 Å². The smallest absolute Gasteiger partial charge is 0.228 e. The second-order valence-electron chi connectivity index (χ2n) is 5.54. The minimum Gasteiger partial charge on any atom is -0.497 e. The SMILES string of the molecule is COc1ccc(OC)c(-c2cn3c(CC(=O)N(C)C)csc3n2)c1. The molecule has 24 heavy (non-hydrogen) atoms. The van der Waals surface area contributed by atoms with Crippen molar-refractivity contribution in [3.63, 3.8) is 0 Å². The van der Waals surface area contributed by atoms with E-state index < -0.39 is 0 Å². The fourth-order valence-electron chi connectivity index (χ4n) is 2.41. The molecule has 3 rings (SSSR count). The Morgan fingerprint density at radius 1 is 1.29 bits per heavy atom. The quantitative estimate of drug-likeness (QED) is 0.713. The summed E-state index contributed by atoms with van der Waals surface area (Å²) in [5.74, 6) is 1.53. The molecule has 0 saturated carbocycles. The van der Waals surface area contributed by atoms with Crippen LogP contribution in [0.5, 0.6) is 11.5 Å². The van der Waals surface area contributed by atoms with Gasteiger partial charge in [0.1, 0.15) is 11.5 Å². The number of thiazole rings is 1. The van der Waals surface area contributed by atoms with Gasteiger partial charge in [-0.15, -0.1) is 11.3 Å². The van der Waals surface area contributed by atoms with E-state index in [2.05, 4.69) is 4.98 Å². The maximum atomic E-state index is 12.0. The van der Waals surface area contributed by atoms with Crippen molar-refractivity contribution in [1.29, 1.82) is 0 Å². The Hall–Kier alpha value is -2.54. The van der Waals surface area contributed by atoms with Crippen LogP contribution in [0.25, 0.3) is 16.2 Å². The number of ether oxygens (including phenoxy) is 2. The Bertz CT molecular complexity index is 882. The zero-order valence-electron chi connectivity index (χ0n) is 14.1. The van der Waals surface area contributed by atoms with Crippen molar-refractivity contribution >= 4 is 22.2 Å². The van der Waals surface area contributed by atoms with Crippen LogP contribution in [0.4, 0.5) is 0 Å². The van der Waals surface area contributed by atoms with Crippen LogP contribution in [-0.2, 0) is 11.2 Å². The molecule has 0 N–H and O–H groups in total. The normalized spacial score (nSPS) is 10.8. The first-order valence-corrected chi connectivity index (χ1v) is 8.29. The van der Waals surface area contributed by atoms with Crippen molar-refractivity contribution in [1.82, 2.24) is 14.3 Å². The van der Waals surface area contributed by atoms with Crippen molar-refractivity contribution in [3.05, 3.63) is 35.5 Å². The maximum Gasteiger partial charge on any atom is 0.228 e. The van der Waals surface area contributed by atoms with Crippen molar-refractivity contribution in [2.45, 2.75) is 6.42 Å². The number of hydrogen-bond acceptors (Lipinski definition) is 5.